The predicted molar refractivity (Wildman–Crippen MR) is 42.7 cm³/mol. The second-order valence-corrected chi connectivity index (χ2v) is 3.09. The van der Waals surface area contributed by atoms with Gasteiger partial charge in [-0.1, -0.05) is 12.1 Å². The van der Waals surface area contributed by atoms with E-state index in [0.717, 1.165) is 0 Å². The number of amides is 1. The SMILES string of the molecule is O=C1NS(=O)Oc2ccccc21. The van der Waals surface area contributed by atoms with E-state index in [2.05, 4.69) is 4.72 Å². The molecular formula is C7H5NO3S. The van der Waals surface area contributed by atoms with Gasteiger partial charge in [-0.05, 0) is 12.1 Å². The van der Waals surface area contributed by atoms with E-state index in [1.807, 2.05) is 0 Å². The number of nitrogens with one attached hydrogen (secondary N) is 1. The molecule has 1 amide bonds. The van der Waals surface area contributed by atoms with E-state index >= 15 is 0 Å². The van der Waals surface area contributed by atoms with Crippen LogP contribution >= 0.6 is 0 Å². The van der Waals surface area contributed by atoms with Gasteiger partial charge >= 0.3 is 11.3 Å². The zero-order valence-corrected chi connectivity index (χ0v) is 6.76. The molecule has 1 aromatic rings. The maximum absolute atomic E-state index is 11.1. The molecule has 12 heavy (non-hydrogen) atoms. The summed E-state index contributed by atoms with van der Waals surface area (Å²) in [5.74, 6) is -0.00485. The number of carbonyl (C=O) groups excluding carboxylic acids is 1. The Labute approximate surface area is 71.3 Å². The molecule has 1 aromatic carbocycles. The van der Waals surface area contributed by atoms with Gasteiger partial charge in [-0.3, -0.25) is 4.79 Å². The molecule has 0 spiro atoms. The van der Waals surface area contributed by atoms with Crippen molar-refractivity contribution in [2.75, 3.05) is 0 Å². The van der Waals surface area contributed by atoms with Gasteiger partial charge in [0.05, 0.1) is 5.56 Å². The van der Waals surface area contributed by atoms with Crippen molar-refractivity contribution in [3.63, 3.8) is 0 Å². The van der Waals surface area contributed by atoms with Crippen LogP contribution in [0.3, 0.4) is 0 Å². The van der Waals surface area contributed by atoms with Gasteiger partial charge in [0.25, 0.3) is 5.91 Å². The van der Waals surface area contributed by atoms with E-state index in [4.69, 9.17) is 4.18 Å². The lowest BCUT2D eigenvalue weighted by atomic mass is 10.2. The van der Waals surface area contributed by atoms with E-state index in [-0.39, 0.29) is 5.91 Å². The topological polar surface area (TPSA) is 55.4 Å². The monoisotopic (exact) mass is 183 g/mol. The largest absolute Gasteiger partial charge is 0.384 e. The molecule has 62 valence electrons. The third kappa shape index (κ3) is 1.08. The molecule has 2 rings (SSSR count). The molecule has 0 radical (unpaired) electrons. The third-order valence-electron chi connectivity index (χ3n) is 1.47. The Kier molecular flexibility index (Phi) is 1.58. The van der Waals surface area contributed by atoms with Crippen molar-refractivity contribution in [2.45, 2.75) is 0 Å². The fourth-order valence-electron chi connectivity index (χ4n) is 0.960. The average Bonchev–Trinajstić information content (AvgIpc) is 2.04. The number of para-hydroxylation sites is 1. The Hall–Kier alpha value is -1.36. The number of hydrogen-bond acceptors (Lipinski definition) is 3. The summed E-state index contributed by atoms with van der Waals surface area (Å²) in [6.45, 7) is 0. The van der Waals surface area contributed by atoms with Crippen molar-refractivity contribution >= 4 is 17.2 Å². The van der Waals surface area contributed by atoms with E-state index < -0.39 is 11.3 Å². The van der Waals surface area contributed by atoms with Crippen LogP contribution in [0.5, 0.6) is 5.75 Å². The number of hydrogen-bond donors (Lipinski definition) is 1. The lowest BCUT2D eigenvalue weighted by Crippen LogP contribution is -2.33. The van der Waals surface area contributed by atoms with Gasteiger partial charge in [0, 0.05) is 0 Å². The minimum atomic E-state index is -1.73. The zero-order valence-electron chi connectivity index (χ0n) is 5.94. The Bertz CT molecular complexity index is 363. The van der Waals surface area contributed by atoms with E-state index in [1.54, 1.807) is 24.3 Å². The molecule has 1 heterocycles. The van der Waals surface area contributed by atoms with Crippen LogP contribution in [-0.4, -0.2) is 10.1 Å². The van der Waals surface area contributed by atoms with Gasteiger partial charge in [0.1, 0.15) is 0 Å². The molecule has 1 N–H and O–H groups in total. The summed E-state index contributed by atoms with van der Waals surface area (Å²) in [7, 11) is 0. The lowest BCUT2D eigenvalue weighted by molar-refractivity contribution is 0.0974. The molecule has 0 saturated carbocycles. The van der Waals surface area contributed by atoms with Gasteiger partial charge in [-0.25, -0.2) is 4.72 Å². The molecule has 5 heteroatoms. The highest BCUT2D eigenvalue weighted by Crippen LogP contribution is 2.21. The molecule has 1 aliphatic heterocycles. The minimum Gasteiger partial charge on any atom is -0.384 e. The summed E-state index contributed by atoms with van der Waals surface area (Å²) in [5, 5.41) is 0. The molecule has 0 saturated heterocycles. The maximum atomic E-state index is 11.1. The van der Waals surface area contributed by atoms with Crippen LogP contribution in [0.2, 0.25) is 0 Å². The van der Waals surface area contributed by atoms with Crippen LogP contribution in [0.4, 0.5) is 0 Å². The highest BCUT2D eigenvalue weighted by Gasteiger charge is 2.21. The molecule has 0 aliphatic carbocycles. The van der Waals surface area contributed by atoms with Crippen molar-refractivity contribution < 1.29 is 13.2 Å². The highest BCUT2D eigenvalue weighted by atomic mass is 32.2. The van der Waals surface area contributed by atoms with Gasteiger partial charge in [-0.15, -0.1) is 0 Å². The normalized spacial score (nSPS) is 20.7. The number of carbonyl (C=O) groups is 1. The van der Waals surface area contributed by atoms with Crippen LogP contribution in [0, 0.1) is 0 Å². The van der Waals surface area contributed by atoms with E-state index in [1.165, 1.54) is 0 Å². The predicted octanol–water partition coefficient (Wildman–Crippen LogP) is 0.388. The quantitative estimate of drug-likeness (QED) is 0.633. The van der Waals surface area contributed by atoms with Gasteiger partial charge < -0.3 is 4.18 Å². The van der Waals surface area contributed by atoms with Gasteiger partial charge in [0.15, 0.2) is 5.75 Å². The highest BCUT2D eigenvalue weighted by molar-refractivity contribution is 7.79. The molecule has 1 unspecified atom stereocenters. The molecule has 1 atom stereocenters. The first kappa shape index (κ1) is 7.30. The molecule has 0 fully saturated rings. The summed E-state index contributed by atoms with van der Waals surface area (Å²) in [4.78, 5) is 11.1. The Morgan fingerprint density at radius 3 is 2.92 bits per heavy atom. The van der Waals surface area contributed by atoms with Crippen LogP contribution < -0.4 is 8.91 Å². The average molecular weight is 183 g/mol. The van der Waals surface area contributed by atoms with Crippen LogP contribution in [-0.2, 0) is 11.3 Å². The van der Waals surface area contributed by atoms with Crippen molar-refractivity contribution in [1.82, 2.24) is 4.72 Å². The smallest absolute Gasteiger partial charge is 0.318 e. The fourth-order valence-corrected chi connectivity index (χ4v) is 1.57. The number of rotatable bonds is 0. The molecule has 0 bridgehead atoms. The second kappa shape index (κ2) is 2.60. The van der Waals surface area contributed by atoms with Crippen LogP contribution in [0.15, 0.2) is 24.3 Å². The van der Waals surface area contributed by atoms with Crippen molar-refractivity contribution in [2.24, 2.45) is 0 Å². The molecular weight excluding hydrogens is 178 g/mol. The summed E-state index contributed by atoms with van der Waals surface area (Å²) < 4.78 is 17.8. The number of fused-ring (bicyclic) bond motifs is 1. The van der Waals surface area contributed by atoms with Crippen molar-refractivity contribution in [3.8, 4) is 5.75 Å². The number of benzene rings is 1. The second-order valence-electron chi connectivity index (χ2n) is 2.25. The van der Waals surface area contributed by atoms with E-state index in [0.29, 0.717) is 11.3 Å². The summed E-state index contributed by atoms with van der Waals surface area (Å²) >= 11 is -1.73. The summed E-state index contributed by atoms with van der Waals surface area (Å²) in [6, 6.07) is 6.65. The Morgan fingerprint density at radius 2 is 2.08 bits per heavy atom. The molecule has 4 nitrogen and oxygen atoms in total. The van der Waals surface area contributed by atoms with Gasteiger partial charge in [-0.2, -0.15) is 4.21 Å². The molecule has 1 aliphatic rings. The summed E-state index contributed by atoms with van der Waals surface area (Å²) in [6.07, 6.45) is 0. The molecule has 0 aromatic heterocycles. The maximum Gasteiger partial charge on any atom is 0.318 e. The fraction of sp³-hybridized carbons (Fsp3) is 0. The first-order valence-corrected chi connectivity index (χ1v) is 4.35. The van der Waals surface area contributed by atoms with Crippen molar-refractivity contribution in [1.29, 1.82) is 0 Å². The first-order chi connectivity index (χ1) is 5.77. The van der Waals surface area contributed by atoms with Crippen LogP contribution in [0.25, 0.3) is 0 Å². The standard InChI is InChI=1S/C7H5NO3S/c9-7-5-3-1-2-4-6(5)11-12(10)8-7/h1-4H,(H,8,9). The van der Waals surface area contributed by atoms with Gasteiger partial charge in [0.2, 0.25) is 0 Å². The third-order valence-corrected chi connectivity index (χ3v) is 2.16. The first-order valence-electron chi connectivity index (χ1n) is 3.27. The van der Waals surface area contributed by atoms with Crippen LogP contribution in [0.1, 0.15) is 10.4 Å². The zero-order chi connectivity index (χ0) is 8.55. The van der Waals surface area contributed by atoms with Crippen molar-refractivity contribution in [3.05, 3.63) is 29.8 Å². The Morgan fingerprint density at radius 1 is 1.33 bits per heavy atom. The lowest BCUT2D eigenvalue weighted by Gasteiger charge is -2.14. The minimum absolute atomic E-state index is 0.361. The van der Waals surface area contributed by atoms with E-state index in [9.17, 15) is 9.00 Å². The summed E-state index contributed by atoms with van der Waals surface area (Å²) in [5.41, 5.74) is 0.414. The Balaban J connectivity index is 2.54.